The lowest BCUT2D eigenvalue weighted by atomic mass is 9.90. The average Bonchev–Trinajstić information content (AvgIpc) is 3.60. The van der Waals surface area contributed by atoms with E-state index in [1.807, 2.05) is 58.0 Å². The summed E-state index contributed by atoms with van der Waals surface area (Å²) in [6, 6.07) is 15.1. The van der Waals surface area contributed by atoms with Crippen LogP contribution in [-0.4, -0.2) is 68.7 Å². The fraction of sp³-hybridized carbons (Fsp3) is 0.417. The molecular weight excluding hydrogens is 658 g/mol. The molecule has 252 valence electrons. The predicted molar refractivity (Wildman–Crippen MR) is 184 cm³/mol. The number of likely N-dealkylation sites (tertiary alicyclic amines) is 1. The molecule has 8 nitrogen and oxygen atoms in total. The Morgan fingerprint density at radius 2 is 1.77 bits per heavy atom. The number of hydrogen-bond acceptors (Lipinski definition) is 7. The first-order chi connectivity index (χ1) is 22.9. The van der Waals surface area contributed by atoms with Crippen LogP contribution in [0.15, 0.2) is 48.5 Å². The van der Waals surface area contributed by atoms with Gasteiger partial charge in [0.05, 0.1) is 46.3 Å². The van der Waals surface area contributed by atoms with Crippen LogP contribution >= 0.6 is 22.9 Å². The molecule has 0 amide bonds. The van der Waals surface area contributed by atoms with Gasteiger partial charge in [-0.15, -0.1) is 11.3 Å². The number of ether oxygens (including phenoxy) is 2. The number of carbonyl (C=O) groups is 1. The zero-order chi connectivity index (χ0) is 33.9. The summed E-state index contributed by atoms with van der Waals surface area (Å²) in [5.74, 6) is -1.03. The molecule has 1 atom stereocenters. The third-order valence-corrected chi connectivity index (χ3v) is 10.6. The molecule has 2 fully saturated rings. The summed E-state index contributed by atoms with van der Waals surface area (Å²) in [6.45, 7) is 7.86. The minimum Gasteiger partial charge on any atom is -0.479 e. The molecule has 2 saturated heterocycles. The van der Waals surface area contributed by atoms with E-state index in [0.29, 0.717) is 43.7 Å². The predicted octanol–water partition coefficient (Wildman–Crippen LogP) is 8.86. The van der Waals surface area contributed by atoms with Crippen molar-refractivity contribution in [2.45, 2.75) is 70.8 Å². The lowest BCUT2D eigenvalue weighted by Crippen LogP contribution is -2.51. The molecular formula is C36H37ClF2N4O4S. The van der Waals surface area contributed by atoms with Crippen molar-refractivity contribution < 1.29 is 28.2 Å². The number of fused-ring (bicyclic) bond motifs is 2. The van der Waals surface area contributed by atoms with Crippen LogP contribution in [0.3, 0.4) is 0 Å². The molecule has 2 aliphatic rings. The highest BCUT2D eigenvalue weighted by Gasteiger charge is 2.34. The van der Waals surface area contributed by atoms with Gasteiger partial charge in [-0.05, 0) is 101 Å². The van der Waals surface area contributed by atoms with Crippen molar-refractivity contribution in [2.75, 3.05) is 26.3 Å². The van der Waals surface area contributed by atoms with Gasteiger partial charge in [-0.25, -0.2) is 14.5 Å². The van der Waals surface area contributed by atoms with Gasteiger partial charge in [0.2, 0.25) is 0 Å². The molecule has 0 spiro atoms. The first-order valence-corrected chi connectivity index (χ1v) is 17.3. The minimum absolute atomic E-state index is 0.0628. The Bertz CT molecular complexity index is 1990. The van der Waals surface area contributed by atoms with E-state index in [1.165, 1.54) is 11.3 Å². The fourth-order valence-corrected chi connectivity index (χ4v) is 8.13. The second-order valence-electron chi connectivity index (χ2n) is 13.6. The normalized spacial score (nSPS) is 17.4. The summed E-state index contributed by atoms with van der Waals surface area (Å²) in [6.07, 6.45) is 0.448. The number of halogens is 3. The molecule has 0 saturated carbocycles. The van der Waals surface area contributed by atoms with Crippen LogP contribution < -0.4 is 0 Å². The standard InChI is InChI=1S/C36H37ClF2N4O4S/c1-19-15-26-32(29(20-5-8-23(37)9-6-20)28(19)31(34(44)45)47-36(2,3)4)48-33(40-26)22-7-10-27-25(16-22)30(41-43(27)35(38)39)21-11-13-42(14-12-21)24-17-46-18-24/h5-10,15-16,21,24,31,35H,11-14,17-18H2,1-4H3,(H,44,45)/t31-/m0/s1. The number of rotatable bonds is 8. The van der Waals surface area contributed by atoms with Crippen LogP contribution in [-0.2, 0) is 14.3 Å². The highest BCUT2D eigenvalue weighted by atomic mass is 35.5. The van der Waals surface area contributed by atoms with E-state index in [4.69, 9.17) is 26.1 Å². The average molecular weight is 695 g/mol. The van der Waals surface area contributed by atoms with Crippen LogP contribution in [0.2, 0.25) is 5.02 Å². The van der Waals surface area contributed by atoms with Gasteiger partial charge in [0.25, 0.3) is 0 Å². The maximum absolute atomic E-state index is 14.2. The number of nitrogens with zero attached hydrogens (tertiary/aromatic N) is 4. The Labute approximate surface area is 286 Å². The number of aromatic nitrogens is 3. The molecule has 12 heteroatoms. The van der Waals surface area contributed by atoms with E-state index in [1.54, 1.807) is 18.2 Å². The maximum Gasteiger partial charge on any atom is 0.337 e. The first kappa shape index (κ1) is 33.0. The molecule has 3 aromatic carbocycles. The van der Waals surface area contributed by atoms with Gasteiger partial charge in [-0.2, -0.15) is 13.9 Å². The molecule has 2 aliphatic heterocycles. The van der Waals surface area contributed by atoms with Crippen molar-refractivity contribution in [2.24, 2.45) is 0 Å². The molecule has 5 aromatic rings. The Hall–Kier alpha value is -3.48. The highest BCUT2D eigenvalue weighted by Crippen LogP contribution is 2.45. The molecule has 2 aromatic heterocycles. The van der Waals surface area contributed by atoms with Gasteiger partial charge in [0.1, 0.15) is 5.01 Å². The fourth-order valence-electron chi connectivity index (χ4n) is 6.88. The van der Waals surface area contributed by atoms with Crippen LogP contribution in [0.25, 0.3) is 42.8 Å². The minimum atomic E-state index is -2.76. The smallest absolute Gasteiger partial charge is 0.337 e. The van der Waals surface area contributed by atoms with Crippen molar-refractivity contribution in [3.05, 3.63) is 70.4 Å². The van der Waals surface area contributed by atoms with Crippen molar-refractivity contribution in [1.82, 2.24) is 19.7 Å². The summed E-state index contributed by atoms with van der Waals surface area (Å²) in [7, 11) is 0. The van der Waals surface area contributed by atoms with E-state index in [9.17, 15) is 18.7 Å². The number of carboxylic acid groups (broad SMARTS) is 1. The van der Waals surface area contributed by atoms with Crippen molar-refractivity contribution >= 4 is 50.0 Å². The number of carboxylic acids is 1. The number of alkyl halides is 2. The Morgan fingerprint density at radius 3 is 2.38 bits per heavy atom. The third-order valence-electron chi connectivity index (χ3n) is 9.24. The van der Waals surface area contributed by atoms with E-state index < -0.39 is 24.2 Å². The number of benzene rings is 3. The third kappa shape index (κ3) is 6.22. The van der Waals surface area contributed by atoms with Crippen LogP contribution in [0.4, 0.5) is 8.78 Å². The lowest BCUT2D eigenvalue weighted by Gasteiger charge is -2.41. The van der Waals surface area contributed by atoms with Crippen LogP contribution in [0, 0.1) is 6.92 Å². The van der Waals surface area contributed by atoms with Crippen molar-refractivity contribution in [3.8, 4) is 21.7 Å². The van der Waals surface area contributed by atoms with Crippen molar-refractivity contribution in [3.63, 3.8) is 0 Å². The highest BCUT2D eigenvalue weighted by molar-refractivity contribution is 7.22. The number of aliphatic carboxylic acids is 1. The molecule has 0 radical (unpaired) electrons. The Balaban J connectivity index is 1.35. The molecule has 4 heterocycles. The molecule has 0 bridgehead atoms. The topological polar surface area (TPSA) is 89.7 Å². The Kier molecular flexibility index (Phi) is 8.78. The van der Waals surface area contributed by atoms with Gasteiger partial charge in [0.15, 0.2) is 6.10 Å². The Morgan fingerprint density at radius 1 is 1.08 bits per heavy atom. The zero-order valence-electron chi connectivity index (χ0n) is 27.2. The van der Waals surface area contributed by atoms with E-state index >= 15 is 0 Å². The van der Waals surface area contributed by atoms with Gasteiger partial charge < -0.3 is 14.6 Å². The first-order valence-electron chi connectivity index (χ1n) is 16.1. The van der Waals surface area contributed by atoms with Gasteiger partial charge in [0, 0.05) is 33.0 Å². The summed E-state index contributed by atoms with van der Waals surface area (Å²) < 4.78 is 41.5. The van der Waals surface area contributed by atoms with Gasteiger partial charge in [-0.3, -0.25) is 4.90 Å². The molecule has 0 unspecified atom stereocenters. The van der Waals surface area contributed by atoms with E-state index in [2.05, 4.69) is 10.00 Å². The number of thiazole rings is 1. The zero-order valence-corrected chi connectivity index (χ0v) is 28.7. The lowest BCUT2D eigenvalue weighted by molar-refractivity contribution is -0.160. The number of piperidine rings is 1. The maximum atomic E-state index is 14.2. The van der Waals surface area contributed by atoms with Crippen LogP contribution in [0.5, 0.6) is 0 Å². The SMILES string of the molecule is Cc1cc2nc(-c3ccc4c(c3)c(C3CCN(C5COC5)CC3)nn4C(F)F)sc2c(-c2ccc(Cl)cc2)c1[C@H](OC(C)(C)C)C(=O)O. The van der Waals surface area contributed by atoms with Crippen molar-refractivity contribution in [1.29, 1.82) is 0 Å². The number of aryl methyl sites for hydroxylation is 1. The quantitative estimate of drug-likeness (QED) is 0.174. The summed E-state index contributed by atoms with van der Waals surface area (Å²) in [4.78, 5) is 20.1. The van der Waals surface area contributed by atoms with Gasteiger partial charge >= 0.3 is 12.5 Å². The molecule has 1 N–H and O–H groups in total. The summed E-state index contributed by atoms with van der Waals surface area (Å²) in [5, 5.41) is 16.8. The van der Waals surface area contributed by atoms with Gasteiger partial charge in [-0.1, -0.05) is 23.7 Å². The van der Waals surface area contributed by atoms with E-state index in [-0.39, 0.29) is 5.92 Å². The monoisotopic (exact) mass is 694 g/mol. The second-order valence-corrected chi connectivity index (χ2v) is 15.1. The number of hydrogen-bond donors (Lipinski definition) is 1. The second kappa shape index (κ2) is 12.8. The van der Waals surface area contributed by atoms with E-state index in [0.717, 1.165) is 70.8 Å². The summed E-state index contributed by atoms with van der Waals surface area (Å²) in [5.41, 5.74) is 4.65. The summed E-state index contributed by atoms with van der Waals surface area (Å²) >= 11 is 7.69. The molecule has 0 aliphatic carbocycles. The molecule has 48 heavy (non-hydrogen) atoms. The largest absolute Gasteiger partial charge is 0.479 e. The molecule has 7 rings (SSSR count). The van der Waals surface area contributed by atoms with Crippen LogP contribution in [0.1, 0.15) is 69.0 Å².